The highest BCUT2D eigenvalue weighted by Crippen LogP contribution is 1.98. The van der Waals surface area contributed by atoms with Crippen LogP contribution in [-0.4, -0.2) is 30.4 Å². The van der Waals surface area contributed by atoms with E-state index in [-0.39, 0.29) is 5.48 Å². The summed E-state index contributed by atoms with van der Waals surface area (Å²) < 4.78 is 4.94. The van der Waals surface area contributed by atoms with Crippen molar-refractivity contribution in [2.75, 3.05) is 19.8 Å². The summed E-state index contributed by atoms with van der Waals surface area (Å²) in [6, 6.07) is 0. The molecule has 0 aromatic carbocycles. The Morgan fingerprint density at radius 1 is 1.27 bits per heavy atom. The summed E-state index contributed by atoms with van der Waals surface area (Å²) in [5.41, 5.74) is 0. The molecule has 0 amide bonds. The van der Waals surface area contributed by atoms with E-state index in [0.29, 0.717) is 6.61 Å². The van der Waals surface area contributed by atoms with Gasteiger partial charge in [0.15, 0.2) is 0 Å². The SMILES string of the molecule is C1CCOC1.CCCCO.O. The summed E-state index contributed by atoms with van der Waals surface area (Å²) in [5, 5.41) is 8.07. The molecule has 70 valence electrons. The van der Waals surface area contributed by atoms with Crippen LogP contribution in [0.3, 0.4) is 0 Å². The molecule has 1 saturated heterocycles. The van der Waals surface area contributed by atoms with Crippen LogP contribution in [0, 0.1) is 0 Å². The fourth-order valence-electron chi connectivity index (χ4n) is 0.668. The molecule has 0 aromatic rings. The second kappa shape index (κ2) is 12.5. The van der Waals surface area contributed by atoms with Crippen LogP contribution in [-0.2, 0) is 4.74 Å². The van der Waals surface area contributed by atoms with Gasteiger partial charge < -0.3 is 15.3 Å². The Morgan fingerprint density at radius 2 is 1.82 bits per heavy atom. The molecule has 0 bridgehead atoms. The van der Waals surface area contributed by atoms with Crippen molar-refractivity contribution in [1.82, 2.24) is 0 Å². The molecule has 0 saturated carbocycles. The standard InChI is InChI=1S/C4H8O.C4H10O.H2O/c1-2-4-5-3-1;1-2-3-4-5;/h1-4H2;5H,2-4H2,1H3;1H2. The predicted molar refractivity (Wildman–Crippen MR) is 45.7 cm³/mol. The molecule has 0 aliphatic carbocycles. The molecular formula is C8H20O3. The molecule has 0 atom stereocenters. The number of aliphatic hydroxyl groups is 1. The van der Waals surface area contributed by atoms with Crippen LogP contribution in [0.2, 0.25) is 0 Å². The van der Waals surface area contributed by atoms with Crippen molar-refractivity contribution >= 4 is 0 Å². The van der Waals surface area contributed by atoms with E-state index >= 15 is 0 Å². The van der Waals surface area contributed by atoms with Crippen LogP contribution >= 0.6 is 0 Å². The first-order valence-corrected chi connectivity index (χ1v) is 4.10. The molecule has 1 rings (SSSR count). The van der Waals surface area contributed by atoms with Crippen LogP contribution in [0.15, 0.2) is 0 Å². The molecule has 11 heavy (non-hydrogen) atoms. The van der Waals surface area contributed by atoms with Gasteiger partial charge >= 0.3 is 0 Å². The van der Waals surface area contributed by atoms with E-state index in [0.717, 1.165) is 26.1 Å². The third-order valence-corrected chi connectivity index (χ3v) is 1.34. The van der Waals surface area contributed by atoms with Crippen molar-refractivity contribution in [1.29, 1.82) is 0 Å². The summed E-state index contributed by atoms with van der Waals surface area (Å²) in [6.45, 7) is 4.40. The first-order valence-electron chi connectivity index (χ1n) is 4.10. The molecule has 1 aliphatic heterocycles. The van der Waals surface area contributed by atoms with Crippen LogP contribution in [0.4, 0.5) is 0 Å². The van der Waals surface area contributed by atoms with Gasteiger partial charge in [-0.1, -0.05) is 13.3 Å². The van der Waals surface area contributed by atoms with Crippen LogP contribution in [0.25, 0.3) is 0 Å². The minimum absolute atomic E-state index is 0. The van der Waals surface area contributed by atoms with E-state index in [9.17, 15) is 0 Å². The first kappa shape index (κ1) is 13.5. The molecule has 3 N–H and O–H groups in total. The summed E-state index contributed by atoms with van der Waals surface area (Å²) in [4.78, 5) is 0. The molecule has 0 aromatic heterocycles. The van der Waals surface area contributed by atoms with Gasteiger partial charge in [-0.25, -0.2) is 0 Å². The number of hydrogen-bond donors (Lipinski definition) is 1. The number of rotatable bonds is 2. The molecule has 1 heterocycles. The molecule has 1 aliphatic rings. The average Bonchev–Trinajstić information content (AvgIpc) is 2.44. The fraction of sp³-hybridized carbons (Fsp3) is 1.00. The van der Waals surface area contributed by atoms with Gasteiger partial charge in [0.05, 0.1) is 0 Å². The van der Waals surface area contributed by atoms with E-state index in [1.807, 2.05) is 0 Å². The van der Waals surface area contributed by atoms with Gasteiger partial charge in [0.1, 0.15) is 0 Å². The van der Waals surface area contributed by atoms with Crippen molar-refractivity contribution in [2.24, 2.45) is 0 Å². The molecule has 1 fully saturated rings. The molecule has 0 radical (unpaired) electrons. The van der Waals surface area contributed by atoms with Crippen molar-refractivity contribution in [2.45, 2.75) is 32.6 Å². The molecular weight excluding hydrogens is 144 g/mol. The van der Waals surface area contributed by atoms with E-state index in [1.165, 1.54) is 12.8 Å². The van der Waals surface area contributed by atoms with Gasteiger partial charge in [0.25, 0.3) is 0 Å². The van der Waals surface area contributed by atoms with E-state index in [2.05, 4.69) is 6.92 Å². The van der Waals surface area contributed by atoms with Crippen molar-refractivity contribution < 1.29 is 15.3 Å². The van der Waals surface area contributed by atoms with Crippen molar-refractivity contribution in [3.8, 4) is 0 Å². The second-order valence-corrected chi connectivity index (χ2v) is 2.40. The quantitative estimate of drug-likeness (QED) is 0.654. The van der Waals surface area contributed by atoms with Crippen LogP contribution in [0.1, 0.15) is 32.6 Å². The minimum atomic E-state index is 0. The lowest BCUT2D eigenvalue weighted by atomic mass is 10.4. The maximum absolute atomic E-state index is 8.07. The number of unbranched alkanes of at least 4 members (excludes halogenated alkanes) is 1. The monoisotopic (exact) mass is 164 g/mol. The zero-order chi connectivity index (χ0) is 7.66. The Morgan fingerprint density at radius 3 is 1.91 bits per heavy atom. The predicted octanol–water partition coefficient (Wildman–Crippen LogP) is 0.751. The van der Waals surface area contributed by atoms with E-state index in [1.54, 1.807) is 0 Å². The van der Waals surface area contributed by atoms with Crippen LogP contribution in [0.5, 0.6) is 0 Å². The average molecular weight is 164 g/mol. The lowest BCUT2D eigenvalue weighted by molar-refractivity contribution is 0.198. The third-order valence-electron chi connectivity index (χ3n) is 1.34. The van der Waals surface area contributed by atoms with Gasteiger partial charge in [-0.15, -0.1) is 0 Å². The Hall–Kier alpha value is -0.120. The normalized spacial score (nSPS) is 14.7. The molecule has 0 spiro atoms. The Balaban J connectivity index is 0. The zero-order valence-electron chi connectivity index (χ0n) is 7.31. The molecule has 0 unspecified atom stereocenters. The third kappa shape index (κ3) is 13.0. The van der Waals surface area contributed by atoms with E-state index < -0.39 is 0 Å². The van der Waals surface area contributed by atoms with E-state index in [4.69, 9.17) is 9.84 Å². The van der Waals surface area contributed by atoms with Crippen molar-refractivity contribution in [3.63, 3.8) is 0 Å². The highest BCUT2D eigenvalue weighted by molar-refractivity contribution is 4.43. The first-order chi connectivity index (χ1) is 4.91. The summed E-state index contributed by atoms with van der Waals surface area (Å²) >= 11 is 0. The fourth-order valence-corrected chi connectivity index (χ4v) is 0.668. The topological polar surface area (TPSA) is 61.0 Å². The molecule has 3 nitrogen and oxygen atoms in total. The lowest BCUT2D eigenvalue weighted by Gasteiger charge is -1.79. The van der Waals surface area contributed by atoms with Gasteiger partial charge in [-0.3, -0.25) is 0 Å². The number of hydrogen-bond acceptors (Lipinski definition) is 2. The summed E-state index contributed by atoms with van der Waals surface area (Å²) in [7, 11) is 0. The Kier molecular flexibility index (Phi) is 15.4. The Labute approximate surface area is 68.7 Å². The lowest BCUT2D eigenvalue weighted by Crippen LogP contribution is -1.75. The smallest absolute Gasteiger partial charge is 0.0466 e. The summed E-state index contributed by atoms with van der Waals surface area (Å²) in [6.07, 6.45) is 4.59. The number of aliphatic hydroxyl groups excluding tert-OH is 1. The van der Waals surface area contributed by atoms with Crippen LogP contribution < -0.4 is 0 Å². The highest BCUT2D eigenvalue weighted by Gasteiger charge is 1.94. The largest absolute Gasteiger partial charge is 0.412 e. The van der Waals surface area contributed by atoms with Gasteiger partial charge in [-0.2, -0.15) is 0 Å². The van der Waals surface area contributed by atoms with Gasteiger partial charge in [0.2, 0.25) is 0 Å². The molecule has 3 heteroatoms. The summed E-state index contributed by atoms with van der Waals surface area (Å²) in [5.74, 6) is 0. The highest BCUT2D eigenvalue weighted by atomic mass is 16.5. The second-order valence-electron chi connectivity index (χ2n) is 2.40. The van der Waals surface area contributed by atoms with Gasteiger partial charge in [0, 0.05) is 19.8 Å². The maximum atomic E-state index is 8.07. The van der Waals surface area contributed by atoms with Crippen molar-refractivity contribution in [3.05, 3.63) is 0 Å². The minimum Gasteiger partial charge on any atom is -0.412 e. The maximum Gasteiger partial charge on any atom is 0.0466 e. The van der Waals surface area contributed by atoms with Gasteiger partial charge in [-0.05, 0) is 19.3 Å². The number of ether oxygens (including phenoxy) is 1. The zero-order valence-corrected chi connectivity index (χ0v) is 7.31. The Bertz CT molecular complexity index is 43.7.